The monoisotopic (exact) mass is 519 g/mol. The summed E-state index contributed by atoms with van der Waals surface area (Å²) in [5.41, 5.74) is 1.58. The predicted octanol–water partition coefficient (Wildman–Crippen LogP) is 3.71. The number of hydrogen-bond donors (Lipinski definition) is 0. The van der Waals surface area contributed by atoms with Gasteiger partial charge in [-0.3, -0.25) is 13.5 Å². The second-order valence-electron chi connectivity index (χ2n) is 8.81. The molecule has 0 N–H and O–H groups in total. The van der Waals surface area contributed by atoms with Crippen LogP contribution in [0.2, 0.25) is 0 Å². The first-order valence-corrected chi connectivity index (χ1v) is 13.5. The van der Waals surface area contributed by atoms with Crippen LogP contribution in [-0.2, 0) is 19.0 Å². The molecule has 1 aliphatic heterocycles. The number of benzene rings is 2. The maximum absolute atomic E-state index is 15.3. The Morgan fingerprint density at radius 1 is 1.22 bits per heavy atom. The van der Waals surface area contributed by atoms with Crippen LogP contribution in [0, 0.1) is 12.7 Å². The van der Waals surface area contributed by atoms with Crippen LogP contribution < -0.4 is 15.2 Å². The highest BCUT2D eigenvalue weighted by Crippen LogP contribution is 2.34. The van der Waals surface area contributed by atoms with Crippen LogP contribution in [-0.4, -0.2) is 57.7 Å². The second kappa shape index (κ2) is 10.9. The van der Waals surface area contributed by atoms with Gasteiger partial charge < -0.3 is 14.4 Å². The van der Waals surface area contributed by atoms with Crippen molar-refractivity contribution in [2.45, 2.75) is 32.2 Å². The van der Waals surface area contributed by atoms with Crippen molar-refractivity contribution in [1.29, 1.82) is 0 Å². The quantitative estimate of drug-likeness (QED) is 0.312. The third kappa shape index (κ3) is 5.85. The highest BCUT2D eigenvalue weighted by atomic mass is 32.2. The summed E-state index contributed by atoms with van der Waals surface area (Å²) < 4.78 is 55.4. The minimum absolute atomic E-state index is 0.00882. The Labute approximate surface area is 209 Å². The minimum Gasteiger partial charge on any atom is -0.497 e. The summed E-state index contributed by atoms with van der Waals surface area (Å²) in [6.07, 6.45) is 4.31. The van der Waals surface area contributed by atoms with Crippen molar-refractivity contribution in [1.82, 2.24) is 9.55 Å². The molecule has 11 heteroatoms. The number of methoxy groups -OCH3 is 1. The molecule has 2 heterocycles. The molecule has 0 unspecified atom stereocenters. The molecule has 0 radical (unpaired) electrons. The van der Waals surface area contributed by atoms with E-state index in [-0.39, 0.29) is 30.4 Å². The number of anilines is 2. The van der Waals surface area contributed by atoms with E-state index in [1.165, 1.54) is 7.11 Å². The lowest BCUT2D eigenvalue weighted by Crippen LogP contribution is -2.29. The van der Waals surface area contributed by atoms with Crippen LogP contribution in [0.15, 0.2) is 41.5 Å². The summed E-state index contributed by atoms with van der Waals surface area (Å²) >= 11 is 0. The van der Waals surface area contributed by atoms with Gasteiger partial charge in [-0.2, -0.15) is 8.42 Å². The zero-order chi connectivity index (χ0) is 25.9. The van der Waals surface area contributed by atoms with Crippen LogP contribution in [0.3, 0.4) is 0 Å². The predicted molar refractivity (Wildman–Crippen MR) is 135 cm³/mol. The van der Waals surface area contributed by atoms with Gasteiger partial charge in [0.2, 0.25) is 0 Å². The molecule has 3 aromatic rings. The van der Waals surface area contributed by atoms with Gasteiger partial charge in [0.25, 0.3) is 15.7 Å². The number of halogens is 1. The van der Waals surface area contributed by atoms with Gasteiger partial charge in [-0.1, -0.05) is 0 Å². The summed E-state index contributed by atoms with van der Waals surface area (Å²) in [6.45, 7) is 2.99. The Morgan fingerprint density at radius 2 is 1.97 bits per heavy atom. The first-order chi connectivity index (χ1) is 17.2. The molecular formula is C25H30FN3O6S. The van der Waals surface area contributed by atoms with E-state index >= 15 is 4.39 Å². The Bertz CT molecular complexity index is 1400. The average Bonchev–Trinajstić information content (AvgIpc) is 2.86. The van der Waals surface area contributed by atoms with E-state index in [0.717, 1.165) is 19.1 Å². The van der Waals surface area contributed by atoms with Crippen LogP contribution >= 0.6 is 0 Å². The van der Waals surface area contributed by atoms with Crippen LogP contribution in [0.25, 0.3) is 10.9 Å². The lowest BCUT2D eigenvalue weighted by atomic mass is 10.1. The summed E-state index contributed by atoms with van der Waals surface area (Å²) in [4.78, 5) is 19.6. The Hall–Kier alpha value is -3.02. The fourth-order valence-electron chi connectivity index (χ4n) is 4.37. The number of ether oxygens (including phenoxy) is 2. The van der Waals surface area contributed by atoms with Gasteiger partial charge in [-0.05, 0) is 56.0 Å². The molecule has 1 aliphatic rings. The van der Waals surface area contributed by atoms with Crippen molar-refractivity contribution in [2.75, 3.05) is 44.6 Å². The lowest BCUT2D eigenvalue weighted by Gasteiger charge is -2.27. The Balaban J connectivity index is 1.76. The summed E-state index contributed by atoms with van der Waals surface area (Å²) in [6, 6.07) is 8.37. The number of rotatable bonds is 9. The molecule has 0 bridgehead atoms. The molecule has 4 rings (SSSR count). The highest BCUT2D eigenvalue weighted by Gasteiger charge is 2.21. The average molecular weight is 520 g/mol. The molecule has 0 atom stereocenters. The zero-order valence-corrected chi connectivity index (χ0v) is 21.4. The lowest BCUT2D eigenvalue weighted by molar-refractivity contribution is 0.0685. The van der Waals surface area contributed by atoms with E-state index in [1.807, 2.05) is 0 Å². The number of hydrogen-bond acceptors (Lipinski definition) is 8. The van der Waals surface area contributed by atoms with Gasteiger partial charge in [0.15, 0.2) is 0 Å². The Morgan fingerprint density at radius 3 is 2.67 bits per heavy atom. The number of fused-ring (bicyclic) bond motifs is 1. The van der Waals surface area contributed by atoms with Crippen molar-refractivity contribution in [3.63, 3.8) is 0 Å². The van der Waals surface area contributed by atoms with E-state index in [1.54, 1.807) is 53.0 Å². The second-order valence-corrected chi connectivity index (χ2v) is 10.5. The smallest absolute Gasteiger partial charge is 0.264 e. The SMILES string of the molecule is COc1cc(C)c(F)c(N(CCCOS(C)(=O)=O)c2ccc3ncn(C4CCOCC4)c(=O)c3c2)c1. The van der Waals surface area contributed by atoms with Crippen molar-refractivity contribution in [3.8, 4) is 5.75 Å². The molecule has 9 nitrogen and oxygen atoms in total. The fraction of sp³-hybridized carbons (Fsp3) is 0.440. The highest BCUT2D eigenvalue weighted by molar-refractivity contribution is 7.85. The maximum atomic E-state index is 15.3. The van der Waals surface area contributed by atoms with Gasteiger partial charge in [-0.25, -0.2) is 9.37 Å². The van der Waals surface area contributed by atoms with E-state index in [9.17, 15) is 13.2 Å². The van der Waals surface area contributed by atoms with Gasteiger partial charge in [-0.15, -0.1) is 0 Å². The third-order valence-corrected chi connectivity index (χ3v) is 6.82. The summed E-state index contributed by atoms with van der Waals surface area (Å²) in [5.74, 6) is 0.0383. The molecule has 1 saturated heterocycles. The molecule has 0 spiro atoms. The van der Waals surface area contributed by atoms with Crippen LogP contribution in [0.1, 0.15) is 30.9 Å². The van der Waals surface area contributed by atoms with Gasteiger partial charge in [0.1, 0.15) is 11.6 Å². The van der Waals surface area contributed by atoms with Crippen LogP contribution in [0.5, 0.6) is 5.75 Å². The van der Waals surface area contributed by atoms with Crippen molar-refractivity contribution < 1.29 is 26.5 Å². The zero-order valence-electron chi connectivity index (χ0n) is 20.6. The third-order valence-electron chi connectivity index (χ3n) is 6.22. The molecule has 36 heavy (non-hydrogen) atoms. The standard InChI is InChI=1S/C25H30FN3O6S/c1-17-13-20(33-2)15-23(24(17)26)28(9-4-10-35-36(3,31)32)19-5-6-22-21(14-19)25(30)29(16-27-22)18-7-11-34-12-8-18/h5-6,13-16,18H,4,7-12H2,1-3H3. The van der Waals surface area contributed by atoms with E-state index < -0.39 is 15.9 Å². The fourth-order valence-corrected chi connectivity index (χ4v) is 4.79. The first kappa shape index (κ1) is 26.1. The van der Waals surface area contributed by atoms with Crippen molar-refractivity contribution >= 4 is 32.4 Å². The molecular weight excluding hydrogens is 489 g/mol. The van der Waals surface area contributed by atoms with Gasteiger partial charge in [0.05, 0.1) is 42.9 Å². The topological polar surface area (TPSA) is 100.0 Å². The number of aromatic nitrogens is 2. The minimum atomic E-state index is -3.60. The van der Waals surface area contributed by atoms with Crippen molar-refractivity contribution in [2.24, 2.45) is 0 Å². The number of nitrogens with zero attached hydrogens (tertiary/aromatic N) is 3. The molecule has 2 aromatic carbocycles. The van der Waals surface area contributed by atoms with Gasteiger partial charge in [0, 0.05) is 37.6 Å². The first-order valence-electron chi connectivity index (χ1n) is 11.7. The van der Waals surface area contributed by atoms with E-state index in [2.05, 4.69) is 4.98 Å². The van der Waals surface area contributed by atoms with E-state index in [4.69, 9.17) is 13.7 Å². The normalized spacial score (nSPS) is 14.8. The molecule has 1 aromatic heterocycles. The van der Waals surface area contributed by atoms with Crippen LogP contribution in [0.4, 0.5) is 15.8 Å². The number of aryl methyl sites for hydroxylation is 1. The molecule has 0 aliphatic carbocycles. The van der Waals surface area contributed by atoms with Gasteiger partial charge >= 0.3 is 0 Å². The maximum Gasteiger partial charge on any atom is 0.264 e. The molecule has 0 amide bonds. The Kier molecular flexibility index (Phi) is 7.91. The molecule has 0 saturated carbocycles. The van der Waals surface area contributed by atoms with Crippen molar-refractivity contribution in [3.05, 3.63) is 58.4 Å². The summed E-state index contributed by atoms with van der Waals surface area (Å²) in [7, 11) is -2.10. The van der Waals surface area contributed by atoms with E-state index in [0.29, 0.717) is 47.5 Å². The molecule has 194 valence electrons. The molecule has 1 fully saturated rings. The largest absolute Gasteiger partial charge is 0.497 e. The summed E-state index contributed by atoms with van der Waals surface area (Å²) in [5, 5.41) is 0.416.